The van der Waals surface area contributed by atoms with Gasteiger partial charge in [-0.2, -0.15) is 0 Å². The number of hydrogen-bond donors (Lipinski definition) is 8. The quantitative estimate of drug-likeness (QED) is 0.0492. The number of unbranched alkanes of at least 4 members (excludes halogenated alkanes) is 2. The number of ketones is 4. The number of carbonyl (C=O) groups is 9. The molecule has 17 nitrogen and oxygen atoms in total. The maximum Gasteiger partial charge on any atom is 0.251 e. The molecule has 0 aliphatic rings. The second-order valence-electron chi connectivity index (χ2n) is 15.8. The minimum atomic E-state index is -1.35. The minimum absolute atomic E-state index is 0.0325. The van der Waals surface area contributed by atoms with Crippen molar-refractivity contribution in [3.8, 4) is 0 Å². The van der Waals surface area contributed by atoms with E-state index < -0.39 is 97.0 Å². The van der Waals surface area contributed by atoms with Gasteiger partial charge in [-0.15, -0.1) is 0 Å². The van der Waals surface area contributed by atoms with Crippen molar-refractivity contribution in [1.29, 1.82) is 0 Å². The van der Waals surface area contributed by atoms with Gasteiger partial charge in [-0.05, 0) is 107 Å². The normalized spacial score (nSPS) is 13.9. The van der Waals surface area contributed by atoms with Gasteiger partial charge in [0.05, 0.1) is 43.2 Å². The molecule has 5 amide bonds. The van der Waals surface area contributed by atoms with Gasteiger partial charge in [0.25, 0.3) is 11.8 Å². The molecule has 6 atom stereocenters. The molecule has 0 unspecified atom stereocenters. The molecule has 9 N–H and O–H groups in total. The number of primary amides is 1. The van der Waals surface area contributed by atoms with Crippen LogP contribution in [0.25, 0.3) is 0 Å². The van der Waals surface area contributed by atoms with Crippen molar-refractivity contribution in [2.75, 3.05) is 33.4 Å². The average molecular weight is 1020 g/mol. The Kier molecular flexibility index (Phi) is 25.7. The highest BCUT2D eigenvalue weighted by molar-refractivity contribution is 9.10. The predicted molar refractivity (Wildman–Crippen MR) is 246 cm³/mol. The Bertz CT molecular complexity index is 1900. The summed E-state index contributed by atoms with van der Waals surface area (Å²) in [4.78, 5) is 116. The fraction of sp³-hybridized carbons (Fsp3) is 0.533. The predicted octanol–water partition coefficient (Wildman–Crippen LogP) is 2.85. The van der Waals surface area contributed by atoms with Crippen molar-refractivity contribution in [3.63, 3.8) is 0 Å². The third-order valence-electron chi connectivity index (χ3n) is 10.7. The van der Waals surface area contributed by atoms with Crippen molar-refractivity contribution in [2.24, 2.45) is 23.5 Å². The summed E-state index contributed by atoms with van der Waals surface area (Å²) in [6.45, 7) is 1.92. The number of aliphatic hydroxyl groups excluding tert-OH is 2. The SMILES string of the molecule is CN[C@@H](CCC(N)=O)C(=O)C[C@@H](CO)C(=O)N[C@@H](CCCCNC(=O)c1ccc(Br)cc1)C(=O)C[C@@H](CO)C(=O)N[C@@H](CCCCNC(=O)c1ccc(Br)cc1)C(=O)C[C@@H](C)C(C)=O. The minimum Gasteiger partial charge on any atom is -0.396 e. The van der Waals surface area contributed by atoms with Crippen LogP contribution in [-0.2, 0) is 33.6 Å². The van der Waals surface area contributed by atoms with Gasteiger partial charge in [0.2, 0.25) is 17.7 Å². The van der Waals surface area contributed by atoms with Gasteiger partial charge in [-0.3, -0.25) is 43.2 Å². The summed E-state index contributed by atoms with van der Waals surface area (Å²) >= 11 is 6.65. The molecule has 0 aliphatic carbocycles. The van der Waals surface area contributed by atoms with Gasteiger partial charge >= 0.3 is 0 Å². The number of carbonyl (C=O) groups excluding carboxylic acids is 9. The molecule has 0 aromatic heterocycles. The molecule has 2 aromatic carbocycles. The molecule has 2 rings (SSSR count). The summed E-state index contributed by atoms with van der Waals surface area (Å²) in [5.41, 5.74) is 6.13. The maximum atomic E-state index is 13.9. The fourth-order valence-electron chi connectivity index (χ4n) is 6.56. The lowest BCUT2D eigenvalue weighted by atomic mass is 9.92. The number of benzene rings is 2. The third-order valence-corrected chi connectivity index (χ3v) is 11.8. The summed E-state index contributed by atoms with van der Waals surface area (Å²) in [6, 6.07) is 10.4. The molecule has 0 saturated carbocycles. The molecule has 0 heterocycles. The van der Waals surface area contributed by atoms with Crippen LogP contribution in [0.1, 0.15) is 105 Å². The molecule has 0 spiro atoms. The molecule has 2 aromatic rings. The summed E-state index contributed by atoms with van der Waals surface area (Å²) in [5, 5.41) is 34.1. The lowest BCUT2D eigenvalue weighted by Crippen LogP contribution is -2.48. The zero-order chi connectivity index (χ0) is 47.8. The van der Waals surface area contributed by atoms with Crippen LogP contribution in [0.5, 0.6) is 0 Å². The first-order valence-corrected chi connectivity index (χ1v) is 22.9. The number of nitrogens with one attached hydrogen (secondary N) is 5. The number of aliphatic hydroxyl groups is 2. The lowest BCUT2D eigenvalue weighted by molar-refractivity contribution is -0.136. The van der Waals surface area contributed by atoms with Crippen LogP contribution in [-0.4, -0.2) is 114 Å². The first kappa shape index (κ1) is 55.4. The third kappa shape index (κ3) is 20.4. The lowest BCUT2D eigenvalue weighted by Gasteiger charge is -2.25. The number of likely N-dealkylation sites (N-methyl/N-ethyl adjacent to an activating group) is 1. The Hall–Kier alpha value is -4.69. The van der Waals surface area contributed by atoms with Crippen LogP contribution in [0.4, 0.5) is 0 Å². The summed E-state index contributed by atoms with van der Waals surface area (Å²) in [6.07, 6.45) is 0.546. The van der Waals surface area contributed by atoms with Gasteiger partial charge in [-0.25, -0.2) is 0 Å². The highest BCUT2D eigenvalue weighted by Crippen LogP contribution is 2.17. The number of halogens is 2. The van der Waals surface area contributed by atoms with Crippen LogP contribution in [0, 0.1) is 17.8 Å². The zero-order valence-electron chi connectivity index (χ0n) is 36.6. The van der Waals surface area contributed by atoms with Crippen LogP contribution >= 0.6 is 31.9 Å². The fourth-order valence-corrected chi connectivity index (χ4v) is 7.08. The number of nitrogens with two attached hydrogens (primary N) is 1. The standard InChI is InChI=1S/C45H62Br2N6O11/c1-27(28(2)56)22-38(57)36(8-4-6-20-50-42(61)29-10-14-33(46)15-11-29)52-45(64)32(26-55)24-40(59)37(9-5-7-21-51-43(62)30-12-16-34(47)17-13-30)53-44(63)31(25-54)23-39(58)35(49-3)18-19-41(48)60/h10-17,27,31-32,35-37,49,54-55H,4-9,18-26H2,1-3H3,(H2,48,60)(H,50,61)(H,51,62)(H,52,64)(H,53,63)/t27-,31+,32+,35+,36+,37+/m1/s1. The molecule has 0 fully saturated rings. The van der Waals surface area contributed by atoms with Crippen LogP contribution in [0.3, 0.4) is 0 Å². The van der Waals surface area contributed by atoms with E-state index in [2.05, 4.69) is 58.4 Å². The Morgan fingerprint density at radius 1 is 0.594 bits per heavy atom. The average Bonchev–Trinajstić information content (AvgIpc) is 3.26. The molecule has 0 saturated heterocycles. The Balaban J connectivity index is 2.19. The Morgan fingerprint density at radius 2 is 0.984 bits per heavy atom. The second-order valence-corrected chi connectivity index (χ2v) is 17.6. The van der Waals surface area contributed by atoms with E-state index in [-0.39, 0.29) is 62.8 Å². The number of amides is 5. The van der Waals surface area contributed by atoms with Crippen LogP contribution < -0.4 is 32.3 Å². The maximum absolute atomic E-state index is 13.9. The van der Waals surface area contributed by atoms with Gasteiger partial charge in [-0.1, -0.05) is 38.8 Å². The van der Waals surface area contributed by atoms with Crippen molar-refractivity contribution >= 4 is 84.5 Å². The second kappa shape index (κ2) is 29.7. The van der Waals surface area contributed by atoms with E-state index in [1.54, 1.807) is 55.5 Å². The van der Waals surface area contributed by atoms with Gasteiger partial charge in [0, 0.05) is 64.8 Å². The first-order valence-electron chi connectivity index (χ1n) is 21.3. The van der Waals surface area contributed by atoms with Crippen molar-refractivity contribution in [1.82, 2.24) is 26.6 Å². The first-order chi connectivity index (χ1) is 30.4. The highest BCUT2D eigenvalue weighted by Gasteiger charge is 2.33. The Labute approximate surface area is 390 Å². The molecular formula is C45H62Br2N6O11. The summed E-state index contributed by atoms with van der Waals surface area (Å²) < 4.78 is 1.63. The van der Waals surface area contributed by atoms with E-state index in [1.165, 1.54) is 14.0 Å². The molecule has 64 heavy (non-hydrogen) atoms. The van der Waals surface area contributed by atoms with E-state index in [9.17, 15) is 53.4 Å². The molecule has 0 radical (unpaired) electrons. The number of Topliss-reactive ketones (excluding diaryl/α,β-unsaturated/α-hetero) is 4. The monoisotopic (exact) mass is 1020 g/mol. The van der Waals surface area contributed by atoms with Gasteiger partial charge in [0.1, 0.15) is 5.78 Å². The van der Waals surface area contributed by atoms with Crippen LogP contribution in [0.2, 0.25) is 0 Å². The number of rotatable bonds is 32. The topological polar surface area (TPSA) is 280 Å². The highest BCUT2D eigenvalue weighted by atomic mass is 79.9. The summed E-state index contributed by atoms with van der Waals surface area (Å²) in [7, 11) is 1.50. The molecule has 0 aliphatic heterocycles. The van der Waals surface area contributed by atoms with Crippen molar-refractivity contribution < 1.29 is 53.4 Å². The van der Waals surface area contributed by atoms with E-state index in [1.807, 2.05) is 0 Å². The van der Waals surface area contributed by atoms with Gasteiger partial charge in [0.15, 0.2) is 17.3 Å². The molecule has 19 heteroatoms. The zero-order valence-corrected chi connectivity index (χ0v) is 39.8. The van der Waals surface area contributed by atoms with Gasteiger partial charge < -0.3 is 42.5 Å². The van der Waals surface area contributed by atoms with E-state index in [0.717, 1.165) is 8.95 Å². The van der Waals surface area contributed by atoms with Crippen molar-refractivity contribution in [2.45, 2.75) is 103 Å². The van der Waals surface area contributed by atoms with E-state index in [0.29, 0.717) is 36.8 Å². The molecular weight excluding hydrogens is 960 g/mol. The van der Waals surface area contributed by atoms with E-state index >= 15 is 0 Å². The number of hydrogen-bond acceptors (Lipinski definition) is 12. The van der Waals surface area contributed by atoms with Crippen molar-refractivity contribution in [3.05, 3.63) is 68.6 Å². The smallest absolute Gasteiger partial charge is 0.251 e. The molecule has 352 valence electrons. The Morgan fingerprint density at radius 3 is 1.34 bits per heavy atom. The molecule has 0 bridgehead atoms. The summed E-state index contributed by atoms with van der Waals surface area (Å²) in [5.74, 6) is -7.82. The largest absolute Gasteiger partial charge is 0.396 e. The van der Waals surface area contributed by atoms with Crippen LogP contribution in [0.15, 0.2) is 57.5 Å². The van der Waals surface area contributed by atoms with E-state index in [4.69, 9.17) is 5.73 Å².